The third-order valence-corrected chi connectivity index (χ3v) is 3.11. The molecule has 14 heavy (non-hydrogen) atoms. The van der Waals surface area contributed by atoms with Crippen molar-refractivity contribution < 1.29 is 4.79 Å². The number of carbonyl (C=O) groups is 1. The lowest BCUT2D eigenvalue weighted by atomic mass is 9.80. The van der Waals surface area contributed by atoms with Crippen molar-refractivity contribution in [3.63, 3.8) is 0 Å². The van der Waals surface area contributed by atoms with Crippen molar-refractivity contribution in [2.45, 2.75) is 38.5 Å². The van der Waals surface area contributed by atoms with Crippen LogP contribution >= 0.6 is 0 Å². The van der Waals surface area contributed by atoms with Crippen LogP contribution in [0.3, 0.4) is 0 Å². The third kappa shape index (κ3) is 1.59. The molecule has 0 aliphatic heterocycles. The van der Waals surface area contributed by atoms with Gasteiger partial charge in [-0.1, -0.05) is 31.2 Å². The van der Waals surface area contributed by atoms with Gasteiger partial charge in [0, 0.05) is 12.3 Å². The fourth-order valence-corrected chi connectivity index (χ4v) is 2.33. The molecule has 0 heterocycles. The van der Waals surface area contributed by atoms with Crippen LogP contribution in [-0.2, 0) is 11.2 Å². The number of carbonyl (C=O) groups excluding carboxylic acids is 1. The maximum atomic E-state index is 11.7. The average Bonchev–Trinajstić information content (AvgIpc) is 2.27. The summed E-state index contributed by atoms with van der Waals surface area (Å²) in [7, 11) is 0. The molecule has 0 saturated heterocycles. The summed E-state index contributed by atoms with van der Waals surface area (Å²) in [6, 6.07) is 8.38. The van der Waals surface area contributed by atoms with Gasteiger partial charge in [-0.3, -0.25) is 4.79 Å². The molecule has 1 unspecified atom stereocenters. The maximum absolute atomic E-state index is 11.7. The second kappa shape index (κ2) is 3.95. The minimum absolute atomic E-state index is 0.185. The Bertz CT molecular complexity index is 341. The van der Waals surface area contributed by atoms with Gasteiger partial charge in [-0.25, -0.2) is 0 Å². The van der Waals surface area contributed by atoms with Crippen LogP contribution in [0.25, 0.3) is 0 Å². The average molecular weight is 188 g/mol. The van der Waals surface area contributed by atoms with Gasteiger partial charge >= 0.3 is 0 Å². The van der Waals surface area contributed by atoms with Crippen LogP contribution in [-0.4, -0.2) is 5.78 Å². The van der Waals surface area contributed by atoms with Crippen molar-refractivity contribution >= 4 is 5.78 Å². The number of benzene rings is 1. The molecule has 1 heteroatoms. The molecule has 0 saturated carbocycles. The standard InChI is InChI=1S/C13H16O/c1-2-13(14)12-9-5-7-10-6-3-4-8-11(10)12/h3-4,6,8,12H,2,5,7,9H2,1H3. The summed E-state index contributed by atoms with van der Waals surface area (Å²) in [5.41, 5.74) is 2.66. The first-order valence-electron chi connectivity index (χ1n) is 5.43. The molecule has 1 aliphatic rings. The number of hydrogen-bond donors (Lipinski definition) is 0. The van der Waals surface area contributed by atoms with Gasteiger partial charge in [-0.15, -0.1) is 0 Å². The van der Waals surface area contributed by atoms with Crippen molar-refractivity contribution in [1.82, 2.24) is 0 Å². The fraction of sp³-hybridized carbons (Fsp3) is 0.462. The van der Waals surface area contributed by atoms with Gasteiger partial charge in [0.05, 0.1) is 0 Å². The summed E-state index contributed by atoms with van der Waals surface area (Å²) in [5, 5.41) is 0. The Labute approximate surface area is 85.1 Å². The minimum atomic E-state index is 0.185. The highest BCUT2D eigenvalue weighted by atomic mass is 16.1. The molecule has 0 spiro atoms. The van der Waals surface area contributed by atoms with Crippen molar-refractivity contribution in [3.05, 3.63) is 35.4 Å². The van der Waals surface area contributed by atoms with Crippen molar-refractivity contribution in [2.24, 2.45) is 0 Å². The number of rotatable bonds is 2. The molecule has 0 fully saturated rings. The molecule has 0 aromatic heterocycles. The van der Waals surface area contributed by atoms with Crippen LogP contribution in [0.1, 0.15) is 43.2 Å². The van der Waals surface area contributed by atoms with E-state index in [4.69, 9.17) is 0 Å². The zero-order valence-electron chi connectivity index (χ0n) is 8.62. The fourth-order valence-electron chi connectivity index (χ4n) is 2.33. The molecule has 1 nitrogen and oxygen atoms in total. The highest BCUT2D eigenvalue weighted by molar-refractivity contribution is 5.86. The van der Waals surface area contributed by atoms with E-state index in [1.54, 1.807) is 0 Å². The molecule has 74 valence electrons. The van der Waals surface area contributed by atoms with E-state index in [0.29, 0.717) is 12.2 Å². The van der Waals surface area contributed by atoms with Gasteiger partial charge in [-0.05, 0) is 30.4 Å². The Morgan fingerprint density at radius 2 is 2.21 bits per heavy atom. The van der Waals surface area contributed by atoms with Crippen LogP contribution in [0.15, 0.2) is 24.3 Å². The minimum Gasteiger partial charge on any atom is -0.299 e. The van der Waals surface area contributed by atoms with E-state index in [0.717, 1.165) is 19.3 Å². The van der Waals surface area contributed by atoms with Crippen LogP contribution in [0, 0.1) is 0 Å². The summed E-state index contributed by atoms with van der Waals surface area (Å²) in [6.07, 6.45) is 4.01. The molecule has 1 aliphatic carbocycles. The Balaban J connectivity index is 2.35. The zero-order valence-corrected chi connectivity index (χ0v) is 8.62. The molecule has 0 N–H and O–H groups in total. The highest BCUT2D eigenvalue weighted by Crippen LogP contribution is 2.32. The zero-order chi connectivity index (χ0) is 9.97. The molecule has 0 radical (unpaired) electrons. The van der Waals surface area contributed by atoms with E-state index in [2.05, 4.69) is 18.2 Å². The first-order chi connectivity index (χ1) is 6.83. The summed E-state index contributed by atoms with van der Waals surface area (Å²) in [4.78, 5) is 11.7. The maximum Gasteiger partial charge on any atom is 0.140 e. The van der Waals surface area contributed by atoms with E-state index in [9.17, 15) is 4.79 Å². The normalized spacial score (nSPS) is 20.2. The number of hydrogen-bond acceptors (Lipinski definition) is 1. The van der Waals surface area contributed by atoms with Gasteiger partial charge in [0.1, 0.15) is 5.78 Å². The van der Waals surface area contributed by atoms with E-state index in [-0.39, 0.29) is 5.92 Å². The van der Waals surface area contributed by atoms with Gasteiger partial charge in [0.25, 0.3) is 0 Å². The Morgan fingerprint density at radius 3 is 3.00 bits per heavy atom. The van der Waals surface area contributed by atoms with Crippen molar-refractivity contribution in [2.75, 3.05) is 0 Å². The lowest BCUT2D eigenvalue weighted by Gasteiger charge is -2.23. The van der Waals surface area contributed by atoms with E-state index >= 15 is 0 Å². The predicted octanol–water partition coefficient (Wildman–Crippen LogP) is 3.09. The Morgan fingerprint density at radius 1 is 1.43 bits per heavy atom. The van der Waals surface area contributed by atoms with Gasteiger partial charge in [0.15, 0.2) is 0 Å². The first-order valence-corrected chi connectivity index (χ1v) is 5.43. The van der Waals surface area contributed by atoms with Crippen molar-refractivity contribution in [3.8, 4) is 0 Å². The topological polar surface area (TPSA) is 17.1 Å². The summed E-state index contributed by atoms with van der Waals surface area (Å²) >= 11 is 0. The Hall–Kier alpha value is -1.11. The van der Waals surface area contributed by atoms with Crippen LogP contribution in [0.2, 0.25) is 0 Å². The molecule has 2 rings (SSSR count). The third-order valence-electron chi connectivity index (χ3n) is 3.11. The molecule has 0 bridgehead atoms. The smallest absolute Gasteiger partial charge is 0.140 e. The molecular formula is C13H16O. The monoisotopic (exact) mass is 188 g/mol. The lowest BCUT2D eigenvalue weighted by molar-refractivity contribution is -0.120. The largest absolute Gasteiger partial charge is 0.299 e. The van der Waals surface area contributed by atoms with Gasteiger partial charge in [-0.2, -0.15) is 0 Å². The molecule has 0 amide bonds. The summed E-state index contributed by atoms with van der Waals surface area (Å²) in [6.45, 7) is 1.96. The number of fused-ring (bicyclic) bond motifs is 1. The second-order valence-electron chi connectivity index (χ2n) is 3.96. The van der Waals surface area contributed by atoms with Crippen LogP contribution in [0.4, 0.5) is 0 Å². The molecule has 1 atom stereocenters. The predicted molar refractivity (Wildman–Crippen MR) is 57.4 cm³/mol. The number of Topliss-reactive ketones (excluding diaryl/α,β-unsaturated/α-hetero) is 1. The number of ketones is 1. The molecular weight excluding hydrogens is 172 g/mol. The van der Waals surface area contributed by atoms with Gasteiger partial charge < -0.3 is 0 Å². The van der Waals surface area contributed by atoms with Crippen molar-refractivity contribution in [1.29, 1.82) is 0 Å². The number of aryl methyl sites for hydroxylation is 1. The summed E-state index contributed by atoms with van der Waals surface area (Å²) < 4.78 is 0. The second-order valence-corrected chi connectivity index (χ2v) is 3.96. The first kappa shape index (κ1) is 9.45. The molecule has 1 aromatic carbocycles. The van der Waals surface area contributed by atoms with Crippen LogP contribution in [0.5, 0.6) is 0 Å². The van der Waals surface area contributed by atoms with E-state index in [1.807, 2.05) is 13.0 Å². The van der Waals surface area contributed by atoms with E-state index < -0.39 is 0 Å². The van der Waals surface area contributed by atoms with Gasteiger partial charge in [0.2, 0.25) is 0 Å². The quantitative estimate of drug-likeness (QED) is 0.697. The van der Waals surface area contributed by atoms with Crippen LogP contribution < -0.4 is 0 Å². The lowest BCUT2D eigenvalue weighted by Crippen LogP contribution is -2.17. The summed E-state index contributed by atoms with van der Waals surface area (Å²) in [5.74, 6) is 0.585. The SMILES string of the molecule is CCC(=O)C1CCCc2ccccc21. The van der Waals surface area contributed by atoms with E-state index in [1.165, 1.54) is 11.1 Å². The molecule has 1 aromatic rings. The Kier molecular flexibility index (Phi) is 2.67. The highest BCUT2D eigenvalue weighted by Gasteiger charge is 2.24.